The third kappa shape index (κ3) is 3.68. The van der Waals surface area contributed by atoms with Gasteiger partial charge in [-0.05, 0) is 43.9 Å². The van der Waals surface area contributed by atoms with Crippen LogP contribution in [0.2, 0.25) is 0 Å². The summed E-state index contributed by atoms with van der Waals surface area (Å²) < 4.78 is 11.0. The zero-order chi connectivity index (χ0) is 15.4. The van der Waals surface area contributed by atoms with E-state index in [2.05, 4.69) is 5.32 Å². The number of amides is 1. The average molecular weight is 300 g/mol. The lowest BCUT2D eigenvalue weighted by Gasteiger charge is -2.26. The van der Waals surface area contributed by atoms with Gasteiger partial charge in [0.1, 0.15) is 5.75 Å². The molecule has 0 aliphatic heterocycles. The van der Waals surface area contributed by atoms with Crippen molar-refractivity contribution in [3.8, 4) is 11.7 Å². The van der Waals surface area contributed by atoms with Gasteiger partial charge in [-0.15, -0.1) is 0 Å². The van der Waals surface area contributed by atoms with Crippen molar-refractivity contribution in [2.24, 2.45) is 5.73 Å². The van der Waals surface area contributed by atoms with Crippen LogP contribution in [-0.2, 0) is 0 Å². The molecule has 5 heteroatoms. The maximum absolute atomic E-state index is 12.2. The fourth-order valence-corrected chi connectivity index (χ4v) is 2.62. The van der Waals surface area contributed by atoms with Crippen molar-refractivity contribution in [1.82, 2.24) is 5.32 Å². The first-order valence-corrected chi connectivity index (χ1v) is 7.60. The van der Waals surface area contributed by atoms with Crippen LogP contribution in [0.25, 0.3) is 0 Å². The summed E-state index contributed by atoms with van der Waals surface area (Å²) in [6.07, 6.45) is 3.74. The van der Waals surface area contributed by atoms with E-state index in [1.165, 1.54) is 0 Å². The second-order valence-electron chi connectivity index (χ2n) is 5.62. The SMILES string of the molecule is NC1CCC(NC(=O)c2ccc(Oc3ccccc3)o2)CC1. The van der Waals surface area contributed by atoms with Crippen LogP contribution >= 0.6 is 0 Å². The Morgan fingerprint density at radius 3 is 2.55 bits per heavy atom. The van der Waals surface area contributed by atoms with Crippen molar-refractivity contribution in [2.75, 3.05) is 0 Å². The highest BCUT2D eigenvalue weighted by atomic mass is 16.6. The fourth-order valence-electron chi connectivity index (χ4n) is 2.62. The second-order valence-corrected chi connectivity index (χ2v) is 5.62. The Kier molecular flexibility index (Phi) is 4.44. The zero-order valence-electron chi connectivity index (χ0n) is 12.3. The molecular weight excluding hydrogens is 280 g/mol. The molecule has 116 valence electrons. The van der Waals surface area contributed by atoms with Crippen molar-refractivity contribution in [2.45, 2.75) is 37.8 Å². The highest BCUT2D eigenvalue weighted by Crippen LogP contribution is 2.24. The first-order chi connectivity index (χ1) is 10.7. The summed E-state index contributed by atoms with van der Waals surface area (Å²) in [5.41, 5.74) is 5.87. The van der Waals surface area contributed by atoms with Gasteiger partial charge in [-0.2, -0.15) is 0 Å². The molecule has 1 amide bonds. The van der Waals surface area contributed by atoms with Gasteiger partial charge < -0.3 is 20.2 Å². The van der Waals surface area contributed by atoms with E-state index in [9.17, 15) is 4.79 Å². The smallest absolute Gasteiger partial charge is 0.290 e. The third-order valence-corrected chi connectivity index (χ3v) is 3.87. The number of benzene rings is 1. The molecule has 1 aliphatic carbocycles. The number of carbonyl (C=O) groups excluding carboxylic acids is 1. The molecule has 0 bridgehead atoms. The Morgan fingerprint density at radius 2 is 1.82 bits per heavy atom. The highest BCUT2D eigenvalue weighted by Gasteiger charge is 2.22. The van der Waals surface area contributed by atoms with E-state index in [0.717, 1.165) is 25.7 Å². The van der Waals surface area contributed by atoms with E-state index in [1.54, 1.807) is 12.1 Å². The highest BCUT2D eigenvalue weighted by molar-refractivity contribution is 5.91. The van der Waals surface area contributed by atoms with Gasteiger partial charge in [0.2, 0.25) is 0 Å². The molecule has 0 atom stereocenters. The van der Waals surface area contributed by atoms with E-state index >= 15 is 0 Å². The van der Waals surface area contributed by atoms with Gasteiger partial charge in [0.05, 0.1) is 0 Å². The van der Waals surface area contributed by atoms with Gasteiger partial charge in [-0.25, -0.2) is 0 Å². The Balaban J connectivity index is 1.57. The number of carbonyl (C=O) groups is 1. The van der Waals surface area contributed by atoms with Gasteiger partial charge in [0, 0.05) is 18.2 Å². The van der Waals surface area contributed by atoms with E-state index in [0.29, 0.717) is 11.7 Å². The number of rotatable bonds is 4. The molecule has 3 N–H and O–H groups in total. The van der Waals surface area contributed by atoms with Gasteiger partial charge in [-0.3, -0.25) is 4.79 Å². The van der Waals surface area contributed by atoms with Crippen LogP contribution in [0.5, 0.6) is 11.7 Å². The van der Waals surface area contributed by atoms with Crippen LogP contribution in [0.3, 0.4) is 0 Å². The van der Waals surface area contributed by atoms with Gasteiger partial charge in [0.15, 0.2) is 5.76 Å². The van der Waals surface area contributed by atoms with Crippen LogP contribution in [-0.4, -0.2) is 18.0 Å². The zero-order valence-corrected chi connectivity index (χ0v) is 12.3. The lowest BCUT2D eigenvalue weighted by atomic mass is 9.92. The maximum atomic E-state index is 12.2. The second kappa shape index (κ2) is 6.66. The largest absolute Gasteiger partial charge is 0.426 e. The summed E-state index contributed by atoms with van der Waals surface area (Å²) in [6, 6.07) is 13.0. The molecule has 5 nitrogen and oxygen atoms in total. The number of nitrogens with one attached hydrogen (secondary N) is 1. The molecule has 0 saturated heterocycles. The fraction of sp³-hybridized carbons (Fsp3) is 0.353. The molecular formula is C17H20N2O3. The van der Waals surface area contributed by atoms with E-state index < -0.39 is 0 Å². The Bertz CT molecular complexity index is 616. The molecule has 0 radical (unpaired) electrons. The normalized spacial score (nSPS) is 21.3. The predicted molar refractivity (Wildman–Crippen MR) is 82.9 cm³/mol. The molecule has 1 fully saturated rings. The lowest BCUT2D eigenvalue weighted by Crippen LogP contribution is -2.40. The Labute approximate surface area is 129 Å². The summed E-state index contributed by atoms with van der Waals surface area (Å²) in [5.74, 6) is 1.04. The third-order valence-electron chi connectivity index (χ3n) is 3.87. The number of nitrogens with two attached hydrogens (primary N) is 1. The summed E-state index contributed by atoms with van der Waals surface area (Å²) in [6.45, 7) is 0. The first-order valence-electron chi connectivity index (χ1n) is 7.60. The van der Waals surface area contributed by atoms with Crippen molar-refractivity contribution in [1.29, 1.82) is 0 Å². The number of hydrogen-bond acceptors (Lipinski definition) is 4. The summed E-state index contributed by atoms with van der Waals surface area (Å²) >= 11 is 0. The number of furan rings is 1. The molecule has 1 aliphatic rings. The minimum atomic E-state index is -0.205. The Hall–Kier alpha value is -2.27. The van der Waals surface area contributed by atoms with Crippen molar-refractivity contribution >= 4 is 5.91 Å². The summed E-state index contributed by atoms with van der Waals surface area (Å²) in [5, 5.41) is 2.99. The lowest BCUT2D eigenvalue weighted by molar-refractivity contribution is 0.0892. The molecule has 0 unspecified atom stereocenters. The number of ether oxygens (including phenoxy) is 1. The molecule has 1 saturated carbocycles. The maximum Gasteiger partial charge on any atom is 0.290 e. The van der Waals surface area contributed by atoms with E-state index in [4.69, 9.17) is 14.9 Å². The molecule has 1 aromatic heterocycles. The van der Waals surface area contributed by atoms with Gasteiger partial charge >= 0.3 is 0 Å². The predicted octanol–water partition coefficient (Wildman–Crippen LogP) is 3.07. The summed E-state index contributed by atoms with van der Waals surface area (Å²) in [4.78, 5) is 12.2. The molecule has 1 heterocycles. The molecule has 0 spiro atoms. The average Bonchev–Trinajstić information content (AvgIpc) is 2.99. The monoisotopic (exact) mass is 300 g/mol. The van der Waals surface area contributed by atoms with E-state index in [-0.39, 0.29) is 23.8 Å². The van der Waals surface area contributed by atoms with E-state index in [1.807, 2.05) is 30.3 Å². The standard InChI is InChI=1S/C17H20N2O3/c18-12-6-8-13(9-7-12)19-17(20)15-10-11-16(22-15)21-14-4-2-1-3-5-14/h1-5,10-13H,6-9,18H2,(H,19,20). The van der Waals surface area contributed by atoms with Gasteiger partial charge in [0.25, 0.3) is 11.9 Å². The topological polar surface area (TPSA) is 77.5 Å². The summed E-state index contributed by atoms with van der Waals surface area (Å²) in [7, 11) is 0. The van der Waals surface area contributed by atoms with Crippen LogP contribution in [0.1, 0.15) is 36.2 Å². The minimum Gasteiger partial charge on any atom is -0.426 e. The minimum absolute atomic E-state index is 0.177. The number of para-hydroxylation sites is 1. The van der Waals surface area contributed by atoms with Crippen LogP contribution in [0, 0.1) is 0 Å². The number of hydrogen-bond donors (Lipinski definition) is 2. The van der Waals surface area contributed by atoms with Crippen LogP contribution in [0.15, 0.2) is 46.9 Å². The molecule has 3 rings (SSSR count). The van der Waals surface area contributed by atoms with Gasteiger partial charge in [-0.1, -0.05) is 18.2 Å². The quantitative estimate of drug-likeness (QED) is 0.909. The van der Waals surface area contributed by atoms with Crippen molar-refractivity contribution in [3.63, 3.8) is 0 Å². The molecule has 22 heavy (non-hydrogen) atoms. The van der Waals surface area contributed by atoms with Crippen molar-refractivity contribution < 1.29 is 13.9 Å². The molecule has 1 aromatic carbocycles. The van der Waals surface area contributed by atoms with Crippen molar-refractivity contribution in [3.05, 3.63) is 48.2 Å². The first kappa shape index (κ1) is 14.7. The van der Waals surface area contributed by atoms with Crippen LogP contribution in [0.4, 0.5) is 0 Å². The molecule has 2 aromatic rings. The Morgan fingerprint density at radius 1 is 1.09 bits per heavy atom. The van der Waals surface area contributed by atoms with Crippen LogP contribution < -0.4 is 15.8 Å².